The van der Waals surface area contributed by atoms with Gasteiger partial charge in [-0.15, -0.1) is 11.3 Å². The molecule has 0 radical (unpaired) electrons. The van der Waals surface area contributed by atoms with E-state index in [1.807, 2.05) is 6.07 Å². The summed E-state index contributed by atoms with van der Waals surface area (Å²) in [5, 5.41) is 11.3. The van der Waals surface area contributed by atoms with Crippen LogP contribution in [0.5, 0.6) is 0 Å². The number of morpholine rings is 1. The molecule has 0 unspecified atom stereocenters. The van der Waals surface area contributed by atoms with Gasteiger partial charge < -0.3 is 9.47 Å². The summed E-state index contributed by atoms with van der Waals surface area (Å²) in [4.78, 5) is 28.7. The van der Waals surface area contributed by atoms with Gasteiger partial charge in [0.1, 0.15) is 5.01 Å². The van der Waals surface area contributed by atoms with Crippen molar-refractivity contribution in [2.45, 2.75) is 17.7 Å². The van der Waals surface area contributed by atoms with E-state index >= 15 is 0 Å². The van der Waals surface area contributed by atoms with Crippen LogP contribution in [0.25, 0.3) is 0 Å². The van der Waals surface area contributed by atoms with E-state index in [1.54, 1.807) is 12.3 Å². The summed E-state index contributed by atoms with van der Waals surface area (Å²) >= 11 is 1.19. The van der Waals surface area contributed by atoms with E-state index in [2.05, 4.69) is 4.98 Å². The molecule has 1 aromatic heterocycles. The highest BCUT2D eigenvalue weighted by Gasteiger charge is 2.27. The number of aryl methyl sites for hydroxylation is 1. The van der Waals surface area contributed by atoms with E-state index in [1.165, 1.54) is 39.9 Å². The first-order valence-corrected chi connectivity index (χ1v) is 11.3. The highest BCUT2D eigenvalue weighted by Crippen LogP contribution is 2.21. The van der Waals surface area contributed by atoms with E-state index < -0.39 is 34.3 Å². The molecule has 0 saturated carbocycles. The molecular weight excluding hydrogens is 430 g/mol. The first kappa shape index (κ1) is 22.0. The van der Waals surface area contributed by atoms with Gasteiger partial charge in [-0.25, -0.2) is 18.2 Å². The Balaban J connectivity index is 1.62. The van der Waals surface area contributed by atoms with Gasteiger partial charge in [0.05, 0.1) is 29.7 Å². The number of benzene rings is 1. The minimum atomic E-state index is -3.67. The molecule has 0 aliphatic carbocycles. The molecular formula is C19H19N3O6S2. The van der Waals surface area contributed by atoms with Crippen LogP contribution in [0, 0.1) is 18.3 Å². The molecule has 1 saturated heterocycles. The number of hydrogen-bond acceptors (Lipinski definition) is 9. The van der Waals surface area contributed by atoms with Gasteiger partial charge in [0.2, 0.25) is 10.0 Å². The van der Waals surface area contributed by atoms with Gasteiger partial charge in [-0.1, -0.05) is 0 Å². The second-order valence-electron chi connectivity index (χ2n) is 6.47. The Kier molecular flexibility index (Phi) is 6.94. The largest absolute Gasteiger partial charge is 0.454 e. The number of nitrogens with zero attached hydrogens (tertiary/aromatic N) is 3. The second kappa shape index (κ2) is 9.44. The number of Topliss-reactive ketones (excluding diaryl/α,β-unsaturated/α-hetero) is 1. The van der Waals surface area contributed by atoms with Crippen molar-refractivity contribution in [3.05, 3.63) is 45.9 Å². The van der Waals surface area contributed by atoms with Crippen molar-refractivity contribution >= 4 is 33.1 Å². The third-order valence-electron chi connectivity index (χ3n) is 4.38. The van der Waals surface area contributed by atoms with Crippen molar-refractivity contribution in [3.8, 4) is 6.07 Å². The summed E-state index contributed by atoms with van der Waals surface area (Å²) in [6, 6.07) is 7.17. The summed E-state index contributed by atoms with van der Waals surface area (Å²) in [5.74, 6) is -2.46. The van der Waals surface area contributed by atoms with Crippen LogP contribution in [-0.4, -0.2) is 62.4 Å². The molecule has 0 bridgehead atoms. The van der Waals surface area contributed by atoms with E-state index in [0.29, 0.717) is 23.9 Å². The molecule has 9 nitrogen and oxygen atoms in total. The van der Waals surface area contributed by atoms with Crippen LogP contribution in [0.2, 0.25) is 0 Å². The van der Waals surface area contributed by atoms with E-state index in [4.69, 9.17) is 9.47 Å². The van der Waals surface area contributed by atoms with Crippen molar-refractivity contribution in [1.29, 1.82) is 5.26 Å². The fraction of sp³-hybridized carbons (Fsp3) is 0.368. The molecule has 1 atom stereocenters. The van der Waals surface area contributed by atoms with Crippen molar-refractivity contribution in [2.75, 3.05) is 32.9 Å². The monoisotopic (exact) mass is 449 g/mol. The molecule has 11 heteroatoms. The number of ether oxygens (including phenoxy) is 2. The lowest BCUT2D eigenvalue weighted by Gasteiger charge is -2.26. The lowest BCUT2D eigenvalue weighted by Crippen LogP contribution is -2.40. The normalized spacial score (nSPS) is 15.9. The number of ketones is 1. The van der Waals surface area contributed by atoms with E-state index in [0.717, 1.165) is 0 Å². The number of hydrogen-bond donors (Lipinski definition) is 0. The number of sulfonamides is 1. The predicted octanol–water partition coefficient (Wildman–Crippen LogP) is 1.51. The Hall–Kier alpha value is -2.65. The maximum absolute atomic E-state index is 12.6. The van der Waals surface area contributed by atoms with Crippen LogP contribution < -0.4 is 0 Å². The Morgan fingerprint density at radius 2 is 1.97 bits per heavy atom. The number of rotatable bonds is 7. The first-order chi connectivity index (χ1) is 14.3. The number of carbonyl (C=O) groups is 2. The maximum atomic E-state index is 12.6. The molecule has 2 heterocycles. The fourth-order valence-corrected chi connectivity index (χ4v) is 5.04. The molecule has 1 fully saturated rings. The lowest BCUT2D eigenvalue weighted by molar-refractivity contribution is -0.122. The van der Waals surface area contributed by atoms with Gasteiger partial charge in [0.25, 0.3) is 0 Å². The second-order valence-corrected chi connectivity index (χ2v) is 9.30. The smallest absolute Gasteiger partial charge is 0.338 e. The SMILES string of the molecule is Cc1csc([C@@H](C#N)C(=O)COC(=O)c2ccc(S(=O)(=O)N3CCOCC3)cc2)n1. The molecule has 1 aliphatic rings. The van der Waals surface area contributed by atoms with Crippen LogP contribution in [-0.2, 0) is 24.3 Å². The summed E-state index contributed by atoms with van der Waals surface area (Å²) in [7, 11) is -3.67. The third kappa shape index (κ3) is 4.91. The molecule has 30 heavy (non-hydrogen) atoms. The van der Waals surface area contributed by atoms with Gasteiger partial charge in [-0.05, 0) is 31.2 Å². The number of esters is 1. The molecule has 1 aliphatic heterocycles. The summed E-state index contributed by atoms with van der Waals surface area (Å²) in [6.07, 6.45) is 0. The van der Waals surface area contributed by atoms with Crippen molar-refractivity contribution in [1.82, 2.24) is 9.29 Å². The molecule has 158 valence electrons. The highest BCUT2D eigenvalue weighted by atomic mass is 32.2. The molecule has 2 aromatic rings. The number of nitriles is 1. The quantitative estimate of drug-likeness (QED) is 0.582. The third-order valence-corrected chi connectivity index (χ3v) is 7.32. The highest BCUT2D eigenvalue weighted by molar-refractivity contribution is 7.89. The minimum Gasteiger partial charge on any atom is -0.454 e. The molecule has 1 aromatic carbocycles. The Bertz CT molecular complexity index is 1070. The number of carbonyl (C=O) groups excluding carboxylic acids is 2. The lowest BCUT2D eigenvalue weighted by atomic mass is 10.1. The van der Waals surface area contributed by atoms with Crippen molar-refractivity contribution in [2.24, 2.45) is 0 Å². The average molecular weight is 450 g/mol. The fourth-order valence-electron chi connectivity index (χ4n) is 2.77. The van der Waals surface area contributed by atoms with E-state index in [9.17, 15) is 23.3 Å². The molecule has 0 spiro atoms. The number of aromatic nitrogens is 1. The maximum Gasteiger partial charge on any atom is 0.338 e. The van der Waals surface area contributed by atoms with Crippen LogP contribution in [0.15, 0.2) is 34.5 Å². The molecule has 0 N–H and O–H groups in total. The van der Waals surface area contributed by atoms with Crippen LogP contribution >= 0.6 is 11.3 Å². The zero-order chi connectivity index (χ0) is 21.7. The Morgan fingerprint density at radius 3 is 2.53 bits per heavy atom. The van der Waals surface area contributed by atoms with E-state index in [-0.39, 0.29) is 23.5 Å². The zero-order valence-electron chi connectivity index (χ0n) is 16.1. The van der Waals surface area contributed by atoms with Crippen LogP contribution in [0.3, 0.4) is 0 Å². The Labute approximate surface area is 177 Å². The average Bonchev–Trinajstić information content (AvgIpc) is 3.19. The van der Waals surface area contributed by atoms with Gasteiger partial charge in [-0.3, -0.25) is 4.79 Å². The number of thiazole rings is 1. The summed E-state index contributed by atoms with van der Waals surface area (Å²) < 4.78 is 36.7. The first-order valence-electron chi connectivity index (χ1n) is 9.02. The molecule has 3 rings (SSSR count). The summed E-state index contributed by atoms with van der Waals surface area (Å²) in [6.45, 7) is 2.38. The Morgan fingerprint density at radius 1 is 1.30 bits per heavy atom. The standard InChI is InChI=1S/C19H19N3O6S2/c1-13-12-29-18(21-13)16(10-20)17(23)11-28-19(24)14-2-4-15(5-3-14)30(25,26)22-6-8-27-9-7-22/h2-5,12,16H,6-9,11H2,1H3/t16-/m0/s1. The van der Waals surface area contributed by atoms with Crippen molar-refractivity contribution < 1.29 is 27.5 Å². The topological polar surface area (TPSA) is 127 Å². The predicted molar refractivity (Wildman–Crippen MR) is 107 cm³/mol. The van der Waals surface area contributed by atoms with Crippen LogP contribution in [0.1, 0.15) is 27.0 Å². The van der Waals surface area contributed by atoms with Crippen LogP contribution in [0.4, 0.5) is 0 Å². The van der Waals surface area contributed by atoms with Gasteiger partial charge in [-0.2, -0.15) is 9.57 Å². The van der Waals surface area contributed by atoms with Gasteiger partial charge in [0, 0.05) is 24.2 Å². The van der Waals surface area contributed by atoms with Crippen molar-refractivity contribution in [3.63, 3.8) is 0 Å². The summed E-state index contributed by atoms with van der Waals surface area (Å²) in [5.41, 5.74) is 0.800. The van der Waals surface area contributed by atoms with Gasteiger partial charge >= 0.3 is 5.97 Å². The molecule has 0 amide bonds. The van der Waals surface area contributed by atoms with Gasteiger partial charge in [0.15, 0.2) is 18.3 Å². The zero-order valence-corrected chi connectivity index (χ0v) is 17.7. The minimum absolute atomic E-state index is 0.0562.